The molecule has 0 amide bonds. The maximum absolute atomic E-state index is 8.62. The van der Waals surface area contributed by atoms with Gasteiger partial charge in [0.05, 0.1) is 6.61 Å². The molecule has 2 aromatic rings. The second-order valence-electron chi connectivity index (χ2n) is 3.43. The number of rotatable bonds is 5. The van der Waals surface area contributed by atoms with E-state index in [0.29, 0.717) is 6.61 Å². The van der Waals surface area contributed by atoms with Gasteiger partial charge in [0.2, 0.25) is 0 Å². The number of hydrogen-bond donors (Lipinski definition) is 2. The molecule has 4 heteroatoms. The maximum Gasteiger partial charge on any atom is 0.119 e. The van der Waals surface area contributed by atoms with E-state index in [4.69, 9.17) is 9.84 Å². The first-order chi connectivity index (χ1) is 7.88. The average molecular weight is 218 g/mol. The number of nitrogens with one attached hydrogen (secondary N) is 1. The van der Waals surface area contributed by atoms with Crippen molar-refractivity contribution in [2.75, 3.05) is 13.2 Å². The zero-order valence-electron chi connectivity index (χ0n) is 8.89. The highest BCUT2D eigenvalue weighted by molar-refractivity contribution is 5.28. The van der Waals surface area contributed by atoms with E-state index < -0.39 is 0 Å². The number of H-pyrrole nitrogens is 1. The third kappa shape index (κ3) is 2.84. The van der Waals surface area contributed by atoms with Gasteiger partial charge in [-0.2, -0.15) is 0 Å². The highest BCUT2D eigenvalue weighted by Gasteiger charge is 1.98. The largest absolute Gasteiger partial charge is 0.491 e. The summed E-state index contributed by atoms with van der Waals surface area (Å²) < 4.78 is 5.27. The number of aromatic amines is 1. The molecule has 1 aromatic heterocycles. The number of ether oxygens (including phenoxy) is 1. The van der Waals surface area contributed by atoms with E-state index in [9.17, 15) is 0 Å². The van der Waals surface area contributed by atoms with Crippen molar-refractivity contribution in [3.8, 4) is 5.75 Å². The molecular formula is C12H14N2O2. The van der Waals surface area contributed by atoms with Crippen LogP contribution < -0.4 is 4.74 Å². The Kier molecular flexibility index (Phi) is 3.56. The van der Waals surface area contributed by atoms with E-state index >= 15 is 0 Å². The molecule has 4 nitrogen and oxygen atoms in total. The van der Waals surface area contributed by atoms with Gasteiger partial charge in [0, 0.05) is 18.8 Å². The monoisotopic (exact) mass is 218 g/mol. The minimum Gasteiger partial charge on any atom is -0.491 e. The zero-order valence-corrected chi connectivity index (χ0v) is 8.89. The molecule has 0 saturated heterocycles. The number of benzene rings is 1. The fourth-order valence-electron chi connectivity index (χ4n) is 1.46. The van der Waals surface area contributed by atoms with Crippen molar-refractivity contribution >= 4 is 0 Å². The predicted octanol–water partition coefficient (Wildman–Crippen LogP) is 1.37. The number of hydrogen-bond acceptors (Lipinski definition) is 3. The lowest BCUT2D eigenvalue weighted by atomic mass is 10.1. The Labute approximate surface area is 93.9 Å². The second-order valence-corrected chi connectivity index (χ2v) is 3.43. The predicted molar refractivity (Wildman–Crippen MR) is 60.4 cm³/mol. The molecule has 0 saturated carbocycles. The summed E-state index contributed by atoms with van der Waals surface area (Å²) in [6.45, 7) is 0.367. The van der Waals surface area contributed by atoms with Crippen molar-refractivity contribution in [2.45, 2.75) is 6.42 Å². The van der Waals surface area contributed by atoms with Crippen LogP contribution in [0.4, 0.5) is 0 Å². The molecule has 0 bridgehead atoms. The summed E-state index contributed by atoms with van der Waals surface area (Å²) in [7, 11) is 0. The van der Waals surface area contributed by atoms with Crippen LogP contribution >= 0.6 is 0 Å². The maximum atomic E-state index is 8.62. The van der Waals surface area contributed by atoms with Crippen molar-refractivity contribution in [1.82, 2.24) is 9.97 Å². The molecule has 0 fully saturated rings. The standard InChI is InChI=1S/C12H14N2O2/c15-7-8-16-11-3-1-10(2-4-11)9-12-13-5-6-14-12/h1-6,15H,7-9H2,(H,13,14). The van der Waals surface area contributed by atoms with Gasteiger partial charge in [0.15, 0.2) is 0 Å². The highest BCUT2D eigenvalue weighted by Crippen LogP contribution is 2.13. The molecule has 0 aliphatic carbocycles. The lowest BCUT2D eigenvalue weighted by Crippen LogP contribution is -2.01. The zero-order chi connectivity index (χ0) is 11.2. The van der Waals surface area contributed by atoms with Gasteiger partial charge in [0.1, 0.15) is 18.2 Å². The number of imidazole rings is 1. The first-order valence-electron chi connectivity index (χ1n) is 5.19. The molecule has 0 aliphatic rings. The summed E-state index contributed by atoms with van der Waals surface area (Å²) in [5, 5.41) is 8.62. The summed E-state index contributed by atoms with van der Waals surface area (Å²) in [6.07, 6.45) is 4.34. The molecule has 0 radical (unpaired) electrons. The quantitative estimate of drug-likeness (QED) is 0.797. The van der Waals surface area contributed by atoms with Gasteiger partial charge < -0.3 is 14.8 Å². The highest BCUT2D eigenvalue weighted by atomic mass is 16.5. The van der Waals surface area contributed by atoms with Crippen LogP contribution in [0.15, 0.2) is 36.7 Å². The summed E-state index contributed by atoms with van der Waals surface area (Å²) in [5.74, 6) is 1.72. The minimum absolute atomic E-state index is 0.0359. The Morgan fingerprint density at radius 1 is 1.25 bits per heavy atom. The summed E-state index contributed by atoms with van der Waals surface area (Å²) >= 11 is 0. The van der Waals surface area contributed by atoms with E-state index in [0.717, 1.165) is 18.0 Å². The van der Waals surface area contributed by atoms with Crippen molar-refractivity contribution < 1.29 is 9.84 Å². The number of aliphatic hydroxyl groups excluding tert-OH is 1. The molecule has 0 atom stereocenters. The SMILES string of the molecule is OCCOc1ccc(Cc2ncc[nH]2)cc1. The van der Waals surface area contributed by atoms with Crippen LogP contribution in [0.2, 0.25) is 0 Å². The van der Waals surface area contributed by atoms with Crippen LogP contribution in [-0.4, -0.2) is 28.3 Å². The molecule has 84 valence electrons. The van der Waals surface area contributed by atoms with Gasteiger partial charge >= 0.3 is 0 Å². The second kappa shape index (κ2) is 5.32. The number of nitrogens with zero attached hydrogens (tertiary/aromatic N) is 1. The molecule has 1 heterocycles. The van der Waals surface area contributed by atoms with Gasteiger partial charge in [0.25, 0.3) is 0 Å². The van der Waals surface area contributed by atoms with Crippen molar-refractivity contribution in [3.05, 3.63) is 48.0 Å². The molecular weight excluding hydrogens is 204 g/mol. The van der Waals surface area contributed by atoms with E-state index in [1.807, 2.05) is 30.5 Å². The van der Waals surface area contributed by atoms with Gasteiger partial charge in [-0.1, -0.05) is 12.1 Å². The van der Waals surface area contributed by atoms with E-state index in [1.165, 1.54) is 5.56 Å². The van der Waals surface area contributed by atoms with Crippen molar-refractivity contribution in [2.24, 2.45) is 0 Å². The Morgan fingerprint density at radius 3 is 2.69 bits per heavy atom. The normalized spacial score (nSPS) is 10.3. The number of aliphatic hydroxyl groups is 1. The van der Waals surface area contributed by atoms with Gasteiger partial charge in [-0.05, 0) is 17.7 Å². The van der Waals surface area contributed by atoms with Crippen LogP contribution in [0.3, 0.4) is 0 Å². The first-order valence-corrected chi connectivity index (χ1v) is 5.19. The number of aromatic nitrogens is 2. The molecule has 0 unspecified atom stereocenters. The third-order valence-corrected chi connectivity index (χ3v) is 2.21. The Morgan fingerprint density at radius 2 is 2.06 bits per heavy atom. The van der Waals surface area contributed by atoms with Gasteiger partial charge in [-0.3, -0.25) is 0 Å². The van der Waals surface area contributed by atoms with Crippen LogP contribution in [0, 0.1) is 0 Å². The lowest BCUT2D eigenvalue weighted by molar-refractivity contribution is 0.201. The van der Waals surface area contributed by atoms with Crippen LogP contribution in [-0.2, 0) is 6.42 Å². The van der Waals surface area contributed by atoms with Crippen LogP contribution in [0.1, 0.15) is 11.4 Å². The van der Waals surface area contributed by atoms with Crippen LogP contribution in [0.5, 0.6) is 5.75 Å². The Balaban J connectivity index is 1.96. The molecule has 1 aromatic carbocycles. The smallest absolute Gasteiger partial charge is 0.119 e. The van der Waals surface area contributed by atoms with Crippen LogP contribution in [0.25, 0.3) is 0 Å². The fourth-order valence-corrected chi connectivity index (χ4v) is 1.46. The Bertz CT molecular complexity index is 409. The van der Waals surface area contributed by atoms with E-state index in [1.54, 1.807) is 6.20 Å². The lowest BCUT2D eigenvalue weighted by Gasteiger charge is -2.04. The summed E-state index contributed by atoms with van der Waals surface area (Å²) in [5.41, 5.74) is 1.17. The Hall–Kier alpha value is -1.81. The molecule has 2 N–H and O–H groups in total. The first kappa shape index (κ1) is 10.7. The topological polar surface area (TPSA) is 58.1 Å². The summed E-state index contributed by atoms with van der Waals surface area (Å²) in [6, 6.07) is 7.78. The van der Waals surface area contributed by atoms with Crippen molar-refractivity contribution in [1.29, 1.82) is 0 Å². The fraction of sp³-hybridized carbons (Fsp3) is 0.250. The third-order valence-electron chi connectivity index (χ3n) is 2.21. The minimum atomic E-state index is 0.0359. The molecule has 16 heavy (non-hydrogen) atoms. The van der Waals surface area contributed by atoms with E-state index in [2.05, 4.69) is 9.97 Å². The molecule has 0 aliphatic heterocycles. The molecule has 0 spiro atoms. The van der Waals surface area contributed by atoms with Crippen molar-refractivity contribution in [3.63, 3.8) is 0 Å². The average Bonchev–Trinajstić information content (AvgIpc) is 2.81. The van der Waals surface area contributed by atoms with Gasteiger partial charge in [-0.25, -0.2) is 4.98 Å². The molecule has 2 rings (SSSR count). The van der Waals surface area contributed by atoms with Gasteiger partial charge in [-0.15, -0.1) is 0 Å². The summed E-state index contributed by atoms with van der Waals surface area (Å²) in [4.78, 5) is 7.22. The van der Waals surface area contributed by atoms with E-state index in [-0.39, 0.29) is 6.61 Å².